The molecular weight excluding hydrogens is 400 g/mol. The van der Waals surface area contributed by atoms with Crippen LogP contribution >= 0.6 is 0 Å². The van der Waals surface area contributed by atoms with Crippen molar-refractivity contribution >= 4 is 16.9 Å². The van der Waals surface area contributed by atoms with Crippen molar-refractivity contribution in [2.75, 3.05) is 27.4 Å². The molecule has 164 valence electrons. The number of aromatic nitrogens is 2. The van der Waals surface area contributed by atoms with E-state index in [1.165, 1.54) is 25.1 Å². The molecule has 0 spiro atoms. The van der Waals surface area contributed by atoms with Crippen molar-refractivity contribution in [3.8, 4) is 17.2 Å². The molecule has 3 rings (SSSR count). The molecule has 0 unspecified atom stereocenters. The van der Waals surface area contributed by atoms with E-state index in [0.717, 1.165) is 11.3 Å². The maximum absolute atomic E-state index is 12.7. The molecule has 0 amide bonds. The predicted octanol–water partition coefficient (Wildman–Crippen LogP) is 3.12. The van der Waals surface area contributed by atoms with Crippen LogP contribution in [0.4, 0.5) is 0 Å². The summed E-state index contributed by atoms with van der Waals surface area (Å²) in [6.45, 7) is 2.81. The Bertz CT molecular complexity index is 1090. The largest absolute Gasteiger partial charge is 0.493 e. The van der Waals surface area contributed by atoms with Crippen molar-refractivity contribution in [2.24, 2.45) is 0 Å². The molecule has 0 radical (unpaired) electrons. The molecule has 8 nitrogen and oxygen atoms in total. The van der Waals surface area contributed by atoms with Gasteiger partial charge in [-0.25, -0.2) is 4.98 Å². The Balaban J connectivity index is 1.48. The van der Waals surface area contributed by atoms with Crippen LogP contribution in [0.2, 0.25) is 0 Å². The molecule has 0 N–H and O–H groups in total. The first-order valence-electron chi connectivity index (χ1n) is 9.98. The highest BCUT2D eigenvalue weighted by atomic mass is 16.6. The van der Waals surface area contributed by atoms with Crippen LogP contribution in [-0.4, -0.2) is 43.0 Å². The minimum atomic E-state index is -0.333. The average Bonchev–Trinajstić information content (AvgIpc) is 2.78. The monoisotopic (exact) mass is 426 g/mol. The van der Waals surface area contributed by atoms with Gasteiger partial charge in [0.25, 0.3) is 5.56 Å². The lowest BCUT2D eigenvalue weighted by Gasteiger charge is -2.10. The second-order valence-electron chi connectivity index (χ2n) is 6.95. The topological polar surface area (TPSA) is 88.9 Å². The highest BCUT2D eigenvalue weighted by Crippen LogP contribution is 2.29. The number of carbonyl (C=O) groups is 1. The van der Waals surface area contributed by atoms with Gasteiger partial charge in [0.1, 0.15) is 19.0 Å². The van der Waals surface area contributed by atoms with E-state index in [4.69, 9.17) is 18.9 Å². The minimum Gasteiger partial charge on any atom is -0.493 e. The van der Waals surface area contributed by atoms with Gasteiger partial charge >= 0.3 is 5.97 Å². The van der Waals surface area contributed by atoms with E-state index >= 15 is 0 Å². The Morgan fingerprint density at radius 1 is 1.03 bits per heavy atom. The number of esters is 1. The van der Waals surface area contributed by atoms with Gasteiger partial charge in [-0.15, -0.1) is 0 Å². The standard InChI is InChI=1S/C23H26N2O6/c1-16-6-8-17(9-7-16)30-11-12-31-22(26)5-4-10-25-15-24-19-14-21(29-3)20(28-2)13-18(19)23(25)27/h6-9,13-15H,4-5,10-12H2,1-3H3. The van der Waals surface area contributed by atoms with Gasteiger partial charge in [-0.2, -0.15) is 0 Å². The fraction of sp³-hybridized carbons (Fsp3) is 0.348. The first-order chi connectivity index (χ1) is 15.0. The third-order valence-electron chi connectivity index (χ3n) is 4.75. The number of hydrogen-bond acceptors (Lipinski definition) is 7. The van der Waals surface area contributed by atoms with Crippen molar-refractivity contribution in [1.82, 2.24) is 9.55 Å². The molecule has 0 saturated heterocycles. The van der Waals surface area contributed by atoms with Crippen LogP contribution in [0.25, 0.3) is 10.9 Å². The molecule has 0 aliphatic heterocycles. The number of rotatable bonds is 10. The van der Waals surface area contributed by atoms with E-state index in [9.17, 15) is 9.59 Å². The van der Waals surface area contributed by atoms with E-state index in [-0.39, 0.29) is 31.2 Å². The van der Waals surface area contributed by atoms with Gasteiger partial charge in [-0.1, -0.05) is 17.7 Å². The van der Waals surface area contributed by atoms with Gasteiger partial charge < -0.3 is 18.9 Å². The lowest BCUT2D eigenvalue weighted by atomic mass is 10.2. The Morgan fingerprint density at radius 2 is 1.74 bits per heavy atom. The van der Waals surface area contributed by atoms with Crippen LogP contribution in [0.5, 0.6) is 17.2 Å². The number of fused-ring (bicyclic) bond motifs is 1. The van der Waals surface area contributed by atoms with Crippen LogP contribution < -0.4 is 19.8 Å². The molecule has 1 heterocycles. The summed E-state index contributed by atoms with van der Waals surface area (Å²) < 4.78 is 22.7. The number of ether oxygens (including phenoxy) is 4. The smallest absolute Gasteiger partial charge is 0.305 e. The van der Waals surface area contributed by atoms with Gasteiger partial charge in [-0.05, 0) is 31.5 Å². The lowest BCUT2D eigenvalue weighted by Crippen LogP contribution is -2.21. The van der Waals surface area contributed by atoms with Gasteiger partial charge in [0, 0.05) is 19.0 Å². The first-order valence-corrected chi connectivity index (χ1v) is 9.98. The Hall–Kier alpha value is -3.55. The second-order valence-corrected chi connectivity index (χ2v) is 6.95. The molecule has 3 aromatic rings. The molecule has 0 aliphatic rings. The fourth-order valence-corrected chi connectivity index (χ4v) is 3.06. The molecule has 1 aromatic heterocycles. The summed E-state index contributed by atoms with van der Waals surface area (Å²) >= 11 is 0. The predicted molar refractivity (Wildman–Crippen MR) is 116 cm³/mol. The van der Waals surface area contributed by atoms with Crippen LogP contribution in [0.3, 0.4) is 0 Å². The SMILES string of the molecule is COc1cc2ncn(CCCC(=O)OCCOc3ccc(C)cc3)c(=O)c2cc1OC. The molecule has 0 saturated carbocycles. The summed E-state index contributed by atoms with van der Waals surface area (Å²) in [6, 6.07) is 10.9. The maximum Gasteiger partial charge on any atom is 0.305 e. The molecule has 0 atom stereocenters. The van der Waals surface area contributed by atoms with Crippen molar-refractivity contribution < 1.29 is 23.7 Å². The number of benzene rings is 2. The van der Waals surface area contributed by atoms with Crippen molar-refractivity contribution in [1.29, 1.82) is 0 Å². The number of hydrogen-bond donors (Lipinski definition) is 0. The Kier molecular flexibility index (Phi) is 7.48. The third kappa shape index (κ3) is 5.75. The van der Waals surface area contributed by atoms with E-state index in [0.29, 0.717) is 35.4 Å². The van der Waals surface area contributed by atoms with Crippen molar-refractivity contribution in [3.05, 3.63) is 58.6 Å². The van der Waals surface area contributed by atoms with E-state index in [1.54, 1.807) is 12.1 Å². The van der Waals surface area contributed by atoms with Gasteiger partial charge in [0.05, 0.1) is 31.4 Å². The normalized spacial score (nSPS) is 10.7. The van der Waals surface area contributed by atoms with Crippen LogP contribution in [0, 0.1) is 6.92 Å². The zero-order valence-electron chi connectivity index (χ0n) is 17.9. The molecular formula is C23H26N2O6. The summed E-state index contributed by atoms with van der Waals surface area (Å²) in [6.07, 6.45) is 2.12. The quantitative estimate of drug-likeness (QED) is 0.363. The fourth-order valence-electron chi connectivity index (χ4n) is 3.06. The molecule has 0 bridgehead atoms. The van der Waals surface area contributed by atoms with Gasteiger partial charge in [0.2, 0.25) is 0 Å². The van der Waals surface area contributed by atoms with Crippen LogP contribution in [-0.2, 0) is 16.1 Å². The van der Waals surface area contributed by atoms with Crippen LogP contribution in [0.15, 0.2) is 47.5 Å². The molecule has 0 aliphatic carbocycles. The zero-order chi connectivity index (χ0) is 22.2. The number of nitrogens with zero attached hydrogens (tertiary/aromatic N) is 2. The summed E-state index contributed by atoms with van der Waals surface area (Å²) in [4.78, 5) is 29.0. The summed E-state index contributed by atoms with van der Waals surface area (Å²) in [5, 5.41) is 0.427. The van der Waals surface area contributed by atoms with Crippen LogP contribution in [0.1, 0.15) is 18.4 Å². The second kappa shape index (κ2) is 10.5. The summed E-state index contributed by atoms with van der Waals surface area (Å²) in [5.74, 6) is 1.37. The highest BCUT2D eigenvalue weighted by Gasteiger charge is 2.11. The molecule has 2 aromatic carbocycles. The third-order valence-corrected chi connectivity index (χ3v) is 4.75. The maximum atomic E-state index is 12.7. The Morgan fingerprint density at radius 3 is 2.45 bits per heavy atom. The van der Waals surface area contributed by atoms with E-state index in [2.05, 4.69) is 4.98 Å². The minimum absolute atomic E-state index is 0.172. The van der Waals surface area contributed by atoms with E-state index < -0.39 is 0 Å². The average molecular weight is 426 g/mol. The number of carbonyl (C=O) groups excluding carboxylic acids is 1. The summed E-state index contributed by atoms with van der Waals surface area (Å²) in [7, 11) is 3.04. The first kappa shape index (κ1) is 22.1. The van der Waals surface area contributed by atoms with Crippen molar-refractivity contribution in [3.63, 3.8) is 0 Å². The molecule has 31 heavy (non-hydrogen) atoms. The van der Waals surface area contributed by atoms with Gasteiger partial charge in [0.15, 0.2) is 11.5 Å². The number of methoxy groups -OCH3 is 2. The number of aryl methyl sites for hydroxylation is 2. The van der Waals surface area contributed by atoms with E-state index in [1.807, 2.05) is 31.2 Å². The van der Waals surface area contributed by atoms with Gasteiger partial charge in [-0.3, -0.25) is 14.2 Å². The zero-order valence-corrected chi connectivity index (χ0v) is 17.9. The summed E-state index contributed by atoms with van der Waals surface area (Å²) in [5.41, 5.74) is 1.47. The molecule has 0 fully saturated rings. The van der Waals surface area contributed by atoms with Crippen molar-refractivity contribution in [2.45, 2.75) is 26.3 Å². The lowest BCUT2D eigenvalue weighted by molar-refractivity contribution is -0.144. The highest BCUT2D eigenvalue weighted by molar-refractivity contribution is 5.81. The Labute approximate surface area is 180 Å². The molecule has 8 heteroatoms.